The number of methoxy groups -OCH3 is 2. The van der Waals surface area contributed by atoms with E-state index in [2.05, 4.69) is 10.2 Å². The fourth-order valence-electron chi connectivity index (χ4n) is 3.85. The number of anilines is 1. The van der Waals surface area contributed by atoms with Gasteiger partial charge in [-0.15, -0.1) is 0 Å². The molecule has 7 nitrogen and oxygen atoms in total. The second-order valence-electron chi connectivity index (χ2n) is 7.87. The Labute approximate surface area is 191 Å². The number of rotatable bonds is 14. The maximum absolute atomic E-state index is 9.66. The molecule has 0 aromatic heterocycles. The molecule has 3 rings (SSSR count). The first-order valence-corrected chi connectivity index (χ1v) is 11.3. The Hall–Kier alpha value is -2.48. The van der Waals surface area contributed by atoms with Crippen LogP contribution in [0.1, 0.15) is 24.0 Å². The quantitative estimate of drug-likeness (QED) is 0.433. The van der Waals surface area contributed by atoms with Crippen LogP contribution in [-0.2, 0) is 17.8 Å². The Balaban J connectivity index is 1.52. The molecule has 0 atom stereocenters. The zero-order valence-corrected chi connectivity index (χ0v) is 19.3. The molecule has 2 aromatic carbocycles. The number of hydrogen-bond acceptors (Lipinski definition) is 7. The van der Waals surface area contributed by atoms with Crippen LogP contribution < -0.4 is 19.5 Å². The van der Waals surface area contributed by atoms with Gasteiger partial charge in [0.1, 0.15) is 19.0 Å². The highest BCUT2D eigenvalue weighted by Gasteiger charge is 2.12. The topological polar surface area (TPSA) is 72.4 Å². The van der Waals surface area contributed by atoms with E-state index < -0.39 is 0 Å². The molecule has 0 aliphatic carbocycles. The predicted octanol–water partition coefficient (Wildman–Crippen LogP) is 3.34. The van der Waals surface area contributed by atoms with E-state index in [1.807, 2.05) is 36.4 Å². The Bertz CT molecular complexity index is 824. The smallest absolute Gasteiger partial charge is 0.162 e. The summed E-state index contributed by atoms with van der Waals surface area (Å²) in [7, 11) is 3.31. The number of likely N-dealkylation sites (tertiary alicyclic amines) is 1. The van der Waals surface area contributed by atoms with Gasteiger partial charge in [-0.05, 0) is 67.7 Å². The molecule has 0 unspecified atom stereocenters. The third-order valence-corrected chi connectivity index (χ3v) is 5.66. The number of aliphatic hydroxyl groups is 1. The van der Waals surface area contributed by atoms with Crippen molar-refractivity contribution in [2.75, 3.05) is 65.5 Å². The normalized spacial score (nSPS) is 13.8. The van der Waals surface area contributed by atoms with Crippen LogP contribution in [0.15, 0.2) is 36.4 Å². The SMILES string of the molecule is COCCOc1ccc(CO)c(CCNc2ccc(OCCN3CCCC3)c(OC)c2)c1. The average Bonchev–Trinajstić information content (AvgIpc) is 3.34. The average molecular weight is 445 g/mol. The minimum atomic E-state index is 0.00493. The van der Waals surface area contributed by atoms with Crippen LogP contribution in [0.4, 0.5) is 5.69 Å². The molecular formula is C25H36N2O5. The second-order valence-corrected chi connectivity index (χ2v) is 7.87. The summed E-state index contributed by atoms with van der Waals surface area (Å²) in [5, 5.41) is 13.1. The molecule has 1 saturated heterocycles. The van der Waals surface area contributed by atoms with Crippen LogP contribution in [0.25, 0.3) is 0 Å². The number of nitrogens with one attached hydrogen (secondary N) is 1. The Kier molecular flexibility index (Phi) is 9.94. The van der Waals surface area contributed by atoms with Crippen LogP contribution in [0.2, 0.25) is 0 Å². The van der Waals surface area contributed by atoms with Gasteiger partial charge in [0.2, 0.25) is 0 Å². The third-order valence-electron chi connectivity index (χ3n) is 5.66. The van der Waals surface area contributed by atoms with Crippen molar-refractivity contribution in [3.63, 3.8) is 0 Å². The van der Waals surface area contributed by atoms with Crippen LogP contribution in [-0.4, -0.2) is 70.2 Å². The van der Waals surface area contributed by atoms with Crippen molar-refractivity contribution in [3.8, 4) is 17.2 Å². The van der Waals surface area contributed by atoms with Crippen molar-refractivity contribution < 1.29 is 24.1 Å². The molecule has 2 aromatic rings. The number of benzene rings is 2. The number of hydrogen-bond donors (Lipinski definition) is 2. The summed E-state index contributed by atoms with van der Waals surface area (Å²) >= 11 is 0. The number of nitrogens with zero attached hydrogens (tertiary/aromatic N) is 1. The molecule has 176 valence electrons. The lowest BCUT2D eigenvalue weighted by molar-refractivity contribution is 0.146. The molecule has 0 amide bonds. The van der Waals surface area contributed by atoms with E-state index in [1.165, 1.54) is 25.9 Å². The van der Waals surface area contributed by atoms with Gasteiger partial charge < -0.3 is 29.4 Å². The minimum Gasteiger partial charge on any atom is -0.493 e. The van der Waals surface area contributed by atoms with E-state index >= 15 is 0 Å². The molecule has 0 spiro atoms. The van der Waals surface area contributed by atoms with Crippen molar-refractivity contribution in [1.29, 1.82) is 0 Å². The Morgan fingerprint density at radius 3 is 2.50 bits per heavy atom. The number of aliphatic hydroxyl groups excluding tert-OH is 1. The van der Waals surface area contributed by atoms with Gasteiger partial charge >= 0.3 is 0 Å². The second kappa shape index (κ2) is 13.2. The molecule has 1 heterocycles. The Morgan fingerprint density at radius 1 is 0.906 bits per heavy atom. The van der Waals surface area contributed by atoms with Gasteiger partial charge in [-0.2, -0.15) is 0 Å². The maximum atomic E-state index is 9.66. The summed E-state index contributed by atoms with van der Waals surface area (Å²) in [6.07, 6.45) is 3.33. The molecule has 0 bridgehead atoms. The first-order chi connectivity index (χ1) is 15.7. The van der Waals surface area contributed by atoms with Crippen LogP contribution in [0.5, 0.6) is 17.2 Å². The molecule has 7 heteroatoms. The van der Waals surface area contributed by atoms with Crippen LogP contribution in [0, 0.1) is 0 Å². The van der Waals surface area contributed by atoms with E-state index in [-0.39, 0.29) is 6.61 Å². The lowest BCUT2D eigenvalue weighted by Gasteiger charge is -2.17. The minimum absolute atomic E-state index is 0.00493. The molecule has 0 saturated carbocycles. The molecule has 0 radical (unpaired) electrons. The van der Waals surface area contributed by atoms with Crippen LogP contribution >= 0.6 is 0 Å². The van der Waals surface area contributed by atoms with Gasteiger partial charge in [-0.3, -0.25) is 4.90 Å². The van der Waals surface area contributed by atoms with Crippen molar-refractivity contribution >= 4 is 5.69 Å². The molecule has 2 N–H and O–H groups in total. The van der Waals surface area contributed by atoms with Gasteiger partial charge in [0.25, 0.3) is 0 Å². The summed E-state index contributed by atoms with van der Waals surface area (Å²) in [5.74, 6) is 2.27. The van der Waals surface area contributed by atoms with E-state index in [4.69, 9.17) is 18.9 Å². The largest absolute Gasteiger partial charge is 0.493 e. The van der Waals surface area contributed by atoms with Gasteiger partial charge in [0, 0.05) is 32.0 Å². The van der Waals surface area contributed by atoms with E-state index in [0.29, 0.717) is 26.4 Å². The summed E-state index contributed by atoms with van der Waals surface area (Å²) in [6.45, 7) is 5.71. The van der Waals surface area contributed by atoms with Gasteiger partial charge in [0.05, 0.1) is 20.3 Å². The van der Waals surface area contributed by atoms with Gasteiger partial charge in [-0.25, -0.2) is 0 Å². The first-order valence-electron chi connectivity index (χ1n) is 11.3. The van der Waals surface area contributed by atoms with E-state index in [9.17, 15) is 5.11 Å². The predicted molar refractivity (Wildman–Crippen MR) is 126 cm³/mol. The highest BCUT2D eigenvalue weighted by Crippen LogP contribution is 2.30. The standard InChI is InChI=1S/C25H36N2O5/c1-29-15-16-31-23-7-5-21(19-28)20(17-23)9-10-26-22-6-8-24(25(18-22)30-2)32-14-13-27-11-3-4-12-27/h5-8,17-18,26,28H,3-4,9-16,19H2,1-2H3. The molecule has 32 heavy (non-hydrogen) atoms. The monoisotopic (exact) mass is 444 g/mol. The summed E-state index contributed by atoms with van der Waals surface area (Å²) in [6, 6.07) is 11.7. The summed E-state index contributed by atoms with van der Waals surface area (Å²) < 4.78 is 22.2. The van der Waals surface area contributed by atoms with Crippen molar-refractivity contribution in [3.05, 3.63) is 47.5 Å². The zero-order valence-electron chi connectivity index (χ0n) is 19.3. The van der Waals surface area contributed by atoms with E-state index in [1.54, 1.807) is 14.2 Å². The summed E-state index contributed by atoms with van der Waals surface area (Å²) in [5.41, 5.74) is 2.93. The third kappa shape index (κ3) is 7.29. The zero-order chi connectivity index (χ0) is 22.6. The van der Waals surface area contributed by atoms with E-state index in [0.717, 1.165) is 47.0 Å². The molecular weight excluding hydrogens is 408 g/mol. The Morgan fingerprint density at radius 2 is 1.75 bits per heavy atom. The fourth-order valence-corrected chi connectivity index (χ4v) is 3.85. The summed E-state index contributed by atoms with van der Waals surface area (Å²) in [4.78, 5) is 2.43. The highest BCUT2D eigenvalue weighted by molar-refractivity contribution is 5.55. The fraction of sp³-hybridized carbons (Fsp3) is 0.520. The lowest BCUT2D eigenvalue weighted by atomic mass is 10.0. The van der Waals surface area contributed by atoms with Gasteiger partial charge in [-0.1, -0.05) is 6.07 Å². The van der Waals surface area contributed by atoms with Crippen LogP contribution in [0.3, 0.4) is 0 Å². The number of ether oxygens (including phenoxy) is 4. The van der Waals surface area contributed by atoms with Crippen molar-refractivity contribution in [1.82, 2.24) is 4.90 Å². The van der Waals surface area contributed by atoms with Crippen molar-refractivity contribution in [2.45, 2.75) is 25.9 Å². The van der Waals surface area contributed by atoms with Crippen molar-refractivity contribution in [2.24, 2.45) is 0 Å². The first kappa shape index (κ1) is 24.2. The lowest BCUT2D eigenvalue weighted by Crippen LogP contribution is -2.25. The molecule has 1 fully saturated rings. The molecule has 1 aliphatic rings. The highest BCUT2D eigenvalue weighted by atomic mass is 16.5. The molecule has 1 aliphatic heterocycles. The van der Waals surface area contributed by atoms with Gasteiger partial charge in [0.15, 0.2) is 11.5 Å². The maximum Gasteiger partial charge on any atom is 0.162 e.